The van der Waals surface area contributed by atoms with Crippen molar-refractivity contribution in [3.63, 3.8) is 0 Å². The van der Waals surface area contributed by atoms with Gasteiger partial charge in [-0.3, -0.25) is 0 Å². The summed E-state index contributed by atoms with van der Waals surface area (Å²) < 4.78 is 44.6. The number of carbonyl (C=O) groups is 2. The van der Waals surface area contributed by atoms with Crippen molar-refractivity contribution in [1.82, 2.24) is 0 Å². The second-order valence-electron chi connectivity index (χ2n) is 9.89. The molecular weight excluding hydrogens is 545 g/mol. The predicted octanol–water partition coefficient (Wildman–Crippen LogP) is 8.19. The summed E-state index contributed by atoms with van der Waals surface area (Å²) in [5.74, 6) is -1.33. The molecule has 0 aliphatic heterocycles. The molecule has 0 amide bonds. The Morgan fingerprint density at radius 3 is 1.86 bits per heavy atom. The summed E-state index contributed by atoms with van der Waals surface area (Å²) in [6.07, 6.45) is 1.72. The van der Waals surface area contributed by atoms with Crippen LogP contribution in [0.15, 0.2) is 103 Å². The highest BCUT2D eigenvalue weighted by Gasteiger charge is 2.29. The molecule has 0 aromatic heterocycles. The third kappa shape index (κ3) is 8.57. The standard InChI is InChI=1S/C34H29F3O5/c35-34(36,37)30-19-12-26(13-20-30)22-42-31-4-2-1-3-27(31)14-9-24(21-25-10-17-29(18-11-25)33(40)41)6-5-23-7-15-28(16-8-23)32(38)39/h1-4,7-20,24H,5-6,21-22H2,(H,38,39)(H,40,41)/b14-9+. The molecule has 0 fully saturated rings. The summed E-state index contributed by atoms with van der Waals surface area (Å²) >= 11 is 0. The molecule has 1 atom stereocenters. The smallest absolute Gasteiger partial charge is 0.416 e. The lowest BCUT2D eigenvalue weighted by Gasteiger charge is -2.15. The van der Waals surface area contributed by atoms with Gasteiger partial charge in [-0.2, -0.15) is 13.2 Å². The maximum absolute atomic E-state index is 12.9. The van der Waals surface area contributed by atoms with E-state index in [0.29, 0.717) is 24.2 Å². The van der Waals surface area contributed by atoms with Gasteiger partial charge >= 0.3 is 18.1 Å². The molecule has 0 aliphatic rings. The van der Waals surface area contributed by atoms with Gasteiger partial charge in [0.1, 0.15) is 12.4 Å². The maximum atomic E-state index is 12.9. The Morgan fingerprint density at radius 2 is 1.29 bits per heavy atom. The second-order valence-corrected chi connectivity index (χ2v) is 9.89. The fourth-order valence-corrected chi connectivity index (χ4v) is 4.46. The third-order valence-electron chi connectivity index (χ3n) is 6.85. The van der Waals surface area contributed by atoms with Crippen molar-refractivity contribution in [3.05, 3.63) is 142 Å². The van der Waals surface area contributed by atoms with Gasteiger partial charge in [-0.1, -0.05) is 66.7 Å². The topological polar surface area (TPSA) is 83.8 Å². The molecule has 216 valence electrons. The van der Waals surface area contributed by atoms with Gasteiger partial charge in [0.05, 0.1) is 16.7 Å². The van der Waals surface area contributed by atoms with E-state index in [9.17, 15) is 27.9 Å². The second kappa shape index (κ2) is 13.7. The van der Waals surface area contributed by atoms with Gasteiger partial charge in [-0.15, -0.1) is 0 Å². The maximum Gasteiger partial charge on any atom is 0.416 e. The van der Waals surface area contributed by atoms with Crippen molar-refractivity contribution in [1.29, 1.82) is 0 Å². The molecule has 42 heavy (non-hydrogen) atoms. The van der Waals surface area contributed by atoms with Crippen LogP contribution < -0.4 is 4.74 Å². The van der Waals surface area contributed by atoms with Crippen molar-refractivity contribution in [2.45, 2.75) is 32.0 Å². The fourth-order valence-electron chi connectivity index (χ4n) is 4.46. The molecule has 4 aromatic rings. The number of alkyl halides is 3. The first-order valence-corrected chi connectivity index (χ1v) is 13.3. The molecule has 5 nitrogen and oxygen atoms in total. The molecule has 8 heteroatoms. The molecule has 0 radical (unpaired) electrons. The number of ether oxygens (including phenoxy) is 1. The molecule has 2 N–H and O–H groups in total. The van der Waals surface area contributed by atoms with Gasteiger partial charge in [-0.05, 0) is 84.3 Å². The molecule has 4 aromatic carbocycles. The highest BCUT2D eigenvalue weighted by Crippen LogP contribution is 2.30. The van der Waals surface area contributed by atoms with Gasteiger partial charge in [0, 0.05) is 5.56 Å². The number of carboxylic acids is 2. The number of halogens is 3. The summed E-state index contributed by atoms with van der Waals surface area (Å²) in [6.45, 7) is 0.106. The van der Waals surface area contributed by atoms with Crippen LogP contribution in [-0.2, 0) is 25.6 Å². The summed E-state index contributed by atoms with van der Waals surface area (Å²) in [5, 5.41) is 18.4. The zero-order valence-corrected chi connectivity index (χ0v) is 22.6. The largest absolute Gasteiger partial charge is 0.488 e. The van der Waals surface area contributed by atoms with Gasteiger partial charge < -0.3 is 14.9 Å². The number of rotatable bonds is 12. The zero-order chi connectivity index (χ0) is 30.1. The quantitative estimate of drug-likeness (QED) is 0.178. The molecule has 0 spiro atoms. The van der Waals surface area contributed by atoms with Crippen LogP contribution in [0, 0.1) is 5.92 Å². The fraction of sp³-hybridized carbons (Fsp3) is 0.176. The first-order chi connectivity index (χ1) is 20.1. The van der Waals surface area contributed by atoms with Crippen LogP contribution in [0.25, 0.3) is 6.08 Å². The Morgan fingerprint density at radius 1 is 0.738 bits per heavy atom. The molecule has 0 heterocycles. The van der Waals surface area contributed by atoms with Crippen molar-refractivity contribution in [3.8, 4) is 5.75 Å². The van der Waals surface area contributed by atoms with Crippen LogP contribution in [0.5, 0.6) is 5.75 Å². The predicted molar refractivity (Wildman–Crippen MR) is 154 cm³/mol. The van der Waals surface area contributed by atoms with Gasteiger partial charge in [0.15, 0.2) is 0 Å². The third-order valence-corrected chi connectivity index (χ3v) is 6.85. The van der Waals surface area contributed by atoms with E-state index in [1.807, 2.05) is 24.3 Å². The highest BCUT2D eigenvalue weighted by atomic mass is 19.4. The minimum Gasteiger partial charge on any atom is -0.488 e. The number of carboxylic acid groups (broad SMARTS) is 2. The minimum absolute atomic E-state index is 0.0581. The van der Waals surface area contributed by atoms with Crippen LogP contribution >= 0.6 is 0 Å². The first kappa shape index (κ1) is 30.1. The molecule has 1 unspecified atom stereocenters. The van der Waals surface area contributed by atoms with E-state index in [0.717, 1.165) is 35.2 Å². The summed E-state index contributed by atoms with van der Waals surface area (Å²) in [6, 6.07) is 25.8. The van der Waals surface area contributed by atoms with E-state index in [-0.39, 0.29) is 23.7 Å². The van der Waals surface area contributed by atoms with Crippen LogP contribution in [0.1, 0.15) is 55.0 Å². The molecule has 0 saturated heterocycles. The lowest BCUT2D eigenvalue weighted by molar-refractivity contribution is -0.137. The van der Waals surface area contributed by atoms with Gasteiger partial charge in [0.25, 0.3) is 0 Å². The number of aromatic carboxylic acids is 2. The molecule has 4 rings (SSSR count). The van der Waals surface area contributed by atoms with Gasteiger partial charge in [0.2, 0.25) is 0 Å². The summed E-state index contributed by atoms with van der Waals surface area (Å²) in [4.78, 5) is 22.4. The number of allylic oxidation sites excluding steroid dienone is 1. The molecule has 0 aliphatic carbocycles. The Hall–Kier alpha value is -4.85. The normalized spacial score (nSPS) is 12.3. The number of hydrogen-bond donors (Lipinski definition) is 2. The Labute approximate surface area is 241 Å². The SMILES string of the molecule is O=C(O)c1ccc(CCC(/C=C/c2ccccc2OCc2ccc(C(F)(F)F)cc2)Cc2ccc(C(=O)O)cc2)cc1. The number of benzene rings is 4. The number of hydrogen-bond acceptors (Lipinski definition) is 3. The van der Waals surface area contributed by atoms with Crippen LogP contribution in [-0.4, -0.2) is 22.2 Å². The Kier molecular flexibility index (Phi) is 9.81. The van der Waals surface area contributed by atoms with E-state index in [1.54, 1.807) is 54.6 Å². The average Bonchev–Trinajstić information content (AvgIpc) is 2.98. The van der Waals surface area contributed by atoms with E-state index < -0.39 is 23.7 Å². The van der Waals surface area contributed by atoms with Crippen molar-refractivity contribution in [2.24, 2.45) is 5.92 Å². The molecule has 0 bridgehead atoms. The van der Waals surface area contributed by atoms with Crippen LogP contribution in [0.2, 0.25) is 0 Å². The van der Waals surface area contributed by atoms with Crippen molar-refractivity contribution >= 4 is 18.0 Å². The van der Waals surface area contributed by atoms with E-state index in [1.165, 1.54) is 12.1 Å². The lowest BCUT2D eigenvalue weighted by atomic mass is 9.91. The van der Waals surface area contributed by atoms with Crippen molar-refractivity contribution < 1.29 is 37.7 Å². The molecular formula is C34H29F3O5. The highest BCUT2D eigenvalue weighted by molar-refractivity contribution is 5.88. The van der Waals surface area contributed by atoms with Crippen molar-refractivity contribution in [2.75, 3.05) is 0 Å². The monoisotopic (exact) mass is 574 g/mol. The molecule has 0 saturated carbocycles. The number of aryl methyl sites for hydroxylation is 1. The Balaban J connectivity index is 1.49. The average molecular weight is 575 g/mol. The van der Waals surface area contributed by atoms with E-state index in [4.69, 9.17) is 9.84 Å². The zero-order valence-electron chi connectivity index (χ0n) is 22.6. The van der Waals surface area contributed by atoms with E-state index in [2.05, 4.69) is 6.08 Å². The summed E-state index contributed by atoms with van der Waals surface area (Å²) in [5.41, 5.74) is 3.11. The minimum atomic E-state index is -4.40. The first-order valence-electron chi connectivity index (χ1n) is 13.3. The van der Waals surface area contributed by atoms with Crippen LogP contribution in [0.3, 0.4) is 0 Å². The number of para-hydroxylation sites is 1. The van der Waals surface area contributed by atoms with Gasteiger partial charge in [-0.25, -0.2) is 9.59 Å². The van der Waals surface area contributed by atoms with Crippen LogP contribution in [0.4, 0.5) is 13.2 Å². The Bertz CT molecular complexity index is 1520. The summed E-state index contributed by atoms with van der Waals surface area (Å²) in [7, 11) is 0. The van der Waals surface area contributed by atoms with E-state index >= 15 is 0 Å². The lowest BCUT2D eigenvalue weighted by Crippen LogP contribution is -2.05.